The Hall–Kier alpha value is -0.450. The van der Waals surface area contributed by atoms with Crippen molar-refractivity contribution in [1.29, 1.82) is 0 Å². The largest absolute Gasteiger partial charge is 0.359 e. The number of hydrogen-bond donors (Lipinski definition) is 1. The molecule has 2 nitrogen and oxygen atoms in total. The van der Waals surface area contributed by atoms with Gasteiger partial charge in [0, 0.05) is 6.04 Å². The SMILES string of the molecule is CCSCCC(C)Nc1nc2cccc(Cl)c2s1. The number of nitrogens with zero attached hydrogens (tertiary/aromatic N) is 1. The predicted molar refractivity (Wildman–Crippen MR) is 85.3 cm³/mol. The van der Waals surface area contributed by atoms with Crippen molar-refractivity contribution in [3.05, 3.63) is 23.2 Å². The summed E-state index contributed by atoms with van der Waals surface area (Å²) in [4.78, 5) is 4.56. The van der Waals surface area contributed by atoms with E-state index >= 15 is 0 Å². The van der Waals surface area contributed by atoms with Crippen LogP contribution >= 0.6 is 34.7 Å². The molecule has 18 heavy (non-hydrogen) atoms. The van der Waals surface area contributed by atoms with Crippen LogP contribution in [0.4, 0.5) is 5.13 Å². The molecule has 0 spiro atoms. The summed E-state index contributed by atoms with van der Waals surface area (Å²) in [6.07, 6.45) is 1.15. The third-order valence-electron chi connectivity index (χ3n) is 2.64. The monoisotopic (exact) mass is 300 g/mol. The van der Waals surface area contributed by atoms with Gasteiger partial charge in [-0.25, -0.2) is 4.98 Å². The minimum atomic E-state index is 0.448. The zero-order valence-electron chi connectivity index (χ0n) is 10.6. The lowest BCUT2D eigenvalue weighted by Crippen LogP contribution is -2.15. The van der Waals surface area contributed by atoms with E-state index < -0.39 is 0 Å². The van der Waals surface area contributed by atoms with Crippen molar-refractivity contribution >= 4 is 50.0 Å². The van der Waals surface area contributed by atoms with Gasteiger partial charge in [-0.1, -0.05) is 35.9 Å². The van der Waals surface area contributed by atoms with Crippen molar-refractivity contribution in [3.63, 3.8) is 0 Å². The van der Waals surface area contributed by atoms with Gasteiger partial charge in [-0.05, 0) is 37.0 Å². The van der Waals surface area contributed by atoms with Crippen LogP contribution in [0.15, 0.2) is 18.2 Å². The molecule has 1 heterocycles. The standard InChI is InChI=1S/C13H17ClN2S2/c1-3-17-8-7-9(2)15-13-16-11-6-4-5-10(14)12(11)18-13/h4-6,9H,3,7-8H2,1-2H3,(H,15,16). The molecule has 0 aliphatic rings. The number of rotatable bonds is 6. The molecule has 0 aliphatic heterocycles. The highest BCUT2D eigenvalue weighted by atomic mass is 35.5. The van der Waals surface area contributed by atoms with E-state index in [1.54, 1.807) is 11.3 Å². The van der Waals surface area contributed by atoms with Crippen LogP contribution in [-0.2, 0) is 0 Å². The number of thiazole rings is 1. The molecule has 1 unspecified atom stereocenters. The first-order chi connectivity index (χ1) is 8.70. The molecule has 0 radical (unpaired) electrons. The average molecular weight is 301 g/mol. The second kappa shape index (κ2) is 6.64. The summed E-state index contributed by atoms with van der Waals surface area (Å²) in [7, 11) is 0. The molecule has 0 fully saturated rings. The molecule has 1 aromatic carbocycles. The van der Waals surface area contributed by atoms with Crippen LogP contribution in [0.3, 0.4) is 0 Å². The van der Waals surface area contributed by atoms with Crippen LogP contribution in [0.2, 0.25) is 5.02 Å². The van der Waals surface area contributed by atoms with Gasteiger partial charge in [0.25, 0.3) is 0 Å². The fourth-order valence-corrected chi connectivity index (χ4v) is 3.74. The van der Waals surface area contributed by atoms with Gasteiger partial charge in [0.2, 0.25) is 0 Å². The molecular formula is C13H17ClN2S2. The fraction of sp³-hybridized carbons (Fsp3) is 0.462. The number of benzene rings is 1. The molecule has 0 saturated heterocycles. The number of aromatic nitrogens is 1. The van der Waals surface area contributed by atoms with Gasteiger partial charge < -0.3 is 5.32 Å². The number of hydrogen-bond acceptors (Lipinski definition) is 4. The van der Waals surface area contributed by atoms with Gasteiger partial charge in [-0.3, -0.25) is 0 Å². The third-order valence-corrected chi connectivity index (χ3v) is 5.03. The molecular weight excluding hydrogens is 284 g/mol. The van der Waals surface area contributed by atoms with Crippen molar-refractivity contribution in [3.8, 4) is 0 Å². The highest BCUT2D eigenvalue weighted by Gasteiger charge is 2.09. The molecule has 0 amide bonds. The second-order valence-electron chi connectivity index (χ2n) is 4.14. The Balaban J connectivity index is 2.01. The van der Waals surface area contributed by atoms with Gasteiger partial charge in [0.1, 0.15) is 0 Å². The first kappa shape index (κ1) is 14.0. The van der Waals surface area contributed by atoms with Crippen LogP contribution in [0, 0.1) is 0 Å². The molecule has 98 valence electrons. The lowest BCUT2D eigenvalue weighted by atomic mass is 10.3. The van der Waals surface area contributed by atoms with Gasteiger partial charge in [0.15, 0.2) is 5.13 Å². The van der Waals surface area contributed by atoms with E-state index in [4.69, 9.17) is 11.6 Å². The summed E-state index contributed by atoms with van der Waals surface area (Å²) in [6, 6.07) is 6.30. The smallest absolute Gasteiger partial charge is 0.184 e. The van der Waals surface area contributed by atoms with Crippen molar-refractivity contribution in [1.82, 2.24) is 4.98 Å². The second-order valence-corrected chi connectivity index (χ2v) is 6.94. The maximum Gasteiger partial charge on any atom is 0.184 e. The molecule has 2 rings (SSSR count). The van der Waals surface area contributed by atoms with Crippen LogP contribution < -0.4 is 5.32 Å². The Kier molecular flexibility index (Phi) is 5.15. The minimum absolute atomic E-state index is 0.448. The van der Waals surface area contributed by atoms with Gasteiger partial charge in [-0.2, -0.15) is 11.8 Å². The van der Waals surface area contributed by atoms with Gasteiger partial charge in [0.05, 0.1) is 15.2 Å². The fourth-order valence-electron chi connectivity index (χ4n) is 1.66. The Labute approximate surface area is 121 Å². The van der Waals surface area contributed by atoms with Crippen molar-refractivity contribution < 1.29 is 0 Å². The summed E-state index contributed by atoms with van der Waals surface area (Å²) in [5.74, 6) is 2.37. The van der Waals surface area contributed by atoms with E-state index in [9.17, 15) is 0 Å². The molecule has 0 saturated carbocycles. The van der Waals surface area contributed by atoms with Crippen molar-refractivity contribution in [2.75, 3.05) is 16.8 Å². The number of thioether (sulfide) groups is 1. The predicted octanol–water partition coefficient (Wildman–Crippen LogP) is 4.89. The van der Waals surface area contributed by atoms with Gasteiger partial charge >= 0.3 is 0 Å². The number of fused-ring (bicyclic) bond motifs is 1. The lowest BCUT2D eigenvalue weighted by Gasteiger charge is -2.11. The first-order valence-electron chi connectivity index (χ1n) is 6.10. The maximum absolute atomic E-state index is 6.15. The Bertz CT molecular complexity index is 513. The first-order valence-corrected chi connectivity index (χ1v) is 8.45. The van der Waals surface area contributed by atoms with E-state index in [0.717, 1.165) is 26.8 Å². The highest BCUT2D eigenvalue weighted by Crippen LogP contribution is 2.32. The van der Waals surface area contributed by atoms with Crippen molar-refractivity contribution in [2.45, 2.75) is 26.3 Å². The van der Waals surface area contributed by atoms with Crippen LogP contribution in [0.1, 0.15) is 20.3 Å². The van der Waals surface area contributed by atoms with Gasteiger partial charge in [-0.15, -0.1) is 0 Å². The zero-order chi connectivity index (χ0) is 13.0. The Morgan fingerprint density at radius 2 is 2.33 bits per heavy atom. The zero-order valence-corrected chi connectivity index (χ0v) is 13.0. The van der Waals surface area contributed by atoms with E-state index in [2.05, 4.69) is 24.1 Å². The number of halogens is 1. The Morgan fingerprint density at radius 1 is 1.50 bits per heavy atom. The summed E-state index contributed by atoms with van der Waals surface area (Å²) < 4.78 is 1.07. The molecule has 0 aliphatic carbocycles. The molecule has 1 aromatic heterocycles. The third kappa shape index (κ3) is 3.53. The minimum Gasteiger partial charge on any atom is -0.359 e. The molecule has 1 N–H and O–H groups in total. The molecule has 1 atom stereocenters. The normalized spacial score (nSPS) is 12.8. The summed E-state index contributed by atoms with van der Waals surface area (Å²) >= 11 is 9.76. The van der Waals surface area contributed by atoms with Crippen LogP contribution in [0.25, 0.3) is 10.2 Å². The Morgan fingerprint density at radius 3 is 3.06 bits per heavy atom. The average Bonchev–Trinajstić information content (AvgIpc) is 2.73. The summed E-state index contributed by atoms with van der Waals surface area (Å²) in [6.45, 7) is 4.39. The summed E-state index contributed by atoms with van der Waals surface area (Å²) in [5, 5.41) is 5.20. The van der Waals surface area contributed by atoms with E-state index in [0.29, 0.717) is 6.04 Å². The quantitative estimate of drug-likeness (QED) is 0.769. The van der Waals surface area contributed by atoms with Crippen LogP contribution in [-0.4, -0.2) is 22.5 Å². The maximum atomic E-state index is 6.15. The topological polar surface area (TPSA) is 24.9 Å². The molecule has 5 heteroatoms. The van der Waals surface area contributed by atoms with E-state index in [1.807, 2.05) is 30.0 Å². The number of anilines is 1. The molecule has 0 bridgehead atoms. The lowest BCUT2D eigenvalue weighted by molar-refractivity contribution is 0.771. The highest BCUT2D eigenvalue weighted by molar-refractivity contribution is 7.99. The van der Waals surface area contributed by atoms with E-state index in [1.165, 1.54) is 11.5 Å². The molecule has 2 aromatic rings. The van der Waals surface area contributed by atoms with E-state index in [-0.39, 0.29) is 0 Å². The number of nitrogens with one attached hydrogen (secondary N) is 1. The van der Waals surface area contributed by atoms with Crippen LogP contribution in [0.5, 0.6) is 0 Å². The summed E-state index contributed by atoms with van der Waals surface area (Å²) in [5.41, 5.74) is 0.977. The van der Waals surface area contributed by atoms with Crippen molar-refractivity contribution in [2.24, 2.45) is 0 Å².